The summed E-state index contributed by atoms with van der Waals surface area (Å²) < 4.78 is 11.0. The van der Waals surface area contributed by atoms with E-state index in [-0.39, 0.29) is 23.8 Å². The number of cyclic esters (lactones) is 1. The van der Waals surface area contributed by atoms with Gasteiger partial charge in [0.15, 0.2) is 6.29 Å². The van der Waals surface area contributed by atoms with E-state index in [0.29, 0.717) is 16.8 Å². The second-order valence-corrected chi connectivity index (χ2v) is 7.51. The largest absolute Gasteiger partial charge is 0.761 e. The summed E-state index contributed by atoms with van der Waals surface area (Å²) in [6.07, 6.45) is -1.29. The Bertz CT molecular complexity index is 852. The molecule has 3 rings (SSSR count). The molecule has 1 heterocycles. The number of esters is 1. The van der Waals surface area contributed by atoms with Gasteiger partial charge in [0.25, 0.3) is 0 Å². The molecule has 9 heteroatoms. The van der Waals surface area contributed by atoms with Gasteiger partial charge in [0.1, 0.15) is 5.41 Å². The lowest BCUT2D eigenvalue weighted by Crippen LogP contribution is -2.58. The molecule has 3 N–H and O–H groups in total. The van der Waals surface area contributed by atoms with Crippen molar-refractivity contribution in [3.63, 3.8) is 0 Å². The molecule has 156 valence electrons. The Morgan fingerprint density at radius 2 is 1.59 bits per heavy atom. The zero-order valence-electron chi connectivity index (χ0n) is 16.0. The van der Waals surface area contributed by atoms with Crippen LogP contribution in [0.1, 0.15) is 25.0 Å². The first kappa shape index (κ1) is 21.0. The third kappa shape index (κ3) is 4.50. The molecular weight excluding hydrogens is 380 g/mol. The number of carbonyl (C=O) groups is 1. The number of ether oxygens (including phenoxy) is 2. The molecule has 29 heavy (non-hydrogen) atoms. The van der Waals surface area contributed by atoms with Crippen LogP contribution in [0.3, 0.4) is 0 Å². The van der Waals surface area contributed by atoms with E-state index in [9.17, 15) is 20.3 Å². The van der Waals surface area contributed by atoms with Crippen molar-refractivity contribution < 1.29 is 24.6 Å². The maximum absolute atomic E-state index is 13.0. The molecule has 1 aliphatic heterocycles. The monoisotopic (exact) mass is 402 g/mol. The Labute approximate surface area is 167 Å². The molecule has 9 nitrogen and oxygen atoms in total. The predicted molar refractivity (Wildman–Crippen MR) is 105 cm³/mol. The maximum atomic E-state index is 13.0. The minimum absolute atomic E-state index is 0.0349. The van der Waals surface area contributed by atoms with Crippen LogP contribution in [0.15, 0.2) is 48.5 Å². The molecule has 0 spiro atoms. The number of rotatable bonds is 6. The lowest BCUT2D eigenvalue weighted by Gasteiger charge is -2.45. The smallest absolute Gasteiger partial charge is 0.320 e. The highest BCUT2D eigenvalue weighted by Gasteiger charge is 2.54. The van der Waals surface area contributed by atoms with Crippen LogP contribution in [0.2, 0.25) is 0 Å². The van der Waals surface area contributed by atoms with Crippen LogP contribution in [0.4, 0.5) is 11.4 Å². The van der Waals surface area contributed by atoms with Gasteiger partial charge in [-0.25, -0.2) is 0 Å². The Morgan fingerprint density at radius 1 is 1.07 bits per heavy atom. The third-order valence-electron chi connectivity index (χ3n) is 4.88. The summed E-state index contributed by atoms with van der Waals surface area (Å²) in [5.74, 6) is -1.90. The summed E-state index contributed by atoms with van der Waals surface area (Å²) >= 11 is 0. The lowest BCUT2D eigenvalue weighted by atomic mass is 9.75. The summed E-state index contributed by atoms with van der Waals surface area (Å²) in [7, 11) is 0. The van der Waals surface area contributed by atoms with Crippen molar-refractivity contribution in [2.24, 2.45) is 5.41 Å². The standard InChI is InChI=1S/C20H22N2O7/c1-19(2)28-17(23)20(18(24)29-19,11-13-3-7-15(21-25)8-4-13)12-14-5-9-16(10-6-14)22(26)27/h3-10,17,21,23,26H,11-12H2,1-2H3/q-2. The SMILES string of the molecule is CC1(C)OC(=O)C(Cc2ccc(N[O-])cc2)(Cc2ccc(N([O-])O)cc2)C(O)O1. The highest BCUT2D eigenvalue weighted by Crippen LogP contribution is 2.41. The molecular formula is C20H22N2O7-2. The van der Waals surface area contributed by atoms with Gasteiger partial charge in [-0.1, -0.05) is 24.3 Å². The fourth-order valence-electron chi connectivity index (χ4n) is 3.37. The molecule has 0 aliphatic carbocycles. The summed E-state index contributed by atoms with van der Waals surface area (Å²) in [5.41, 5.74) is 2.07. The topological polar surface area (TPSA) is 137 Å². The van der Waals surface area contributed by atoms with Crippen molar-refractivity contribution in [2.75, 3.05) is 10.7 Å². The molecule has 2 aromatic rings. The van der Waals surface area contributed by atoms with Crippen LogP contribution in [0.25, 0.3) is 0 Å². The number of benzene rings is 2. The summed E-state index contributed by atoms with van der Waals surface area (Å²) in [4.78, 5) is 13.0. The summed E-state index contributed by atoms with van der Waals surface area (Å²) in [6.45, 7) is 3.07. The zero-order chi connectivity index (χ0) is 21.2. The molecule has 1 fully saturated rings. The number of aliphatic hydroxyl groups is 1. The van der Waals surface area contributed by atoms with Crippen molar-refractivity contribution in [3.8, 4) is 0 Å². The molecule has 1 aliphatic rings. The van der Waals surface area contributed by atoms with E-state index in [4.69, 9.17) is 14.7 Å². The van der Waals surface area contributed by atoms with Crippen LogP contribution in [-0.2, 0) is 27.1 Å². The number of hydrogen-bond donors (Lipinski definition) is 3. The average Bonchev–Trinajstić information content (AvgIpc) is 2.66. The van der Waals surface area contributed by atoms with E-state index >= 15 is 0 Å². The van der Waals surface area contributed by atoms with Gasteiger partial charge < -0.3 is 35.7 Å². The van der Waals surface area contributed by atoms with Crippen molar-refractivity contribution >= 4 is 17.3 Å². The zero-order valence-corrected chi connectivity index (χ0v) is 16.0. The van der Waals surface area contributed by atoms with E-state index in [2.05, 4.69) is 0 Å². The van der Waals surface area contributed by atoms with E-state index in [1.54, 1.807) is 41.9 Å². The molecule has 2 aromatic carbocycles. The maximum Gasteiger partial charge on any atom is 0.320 e. The molecule has 0 aromatic heterocycles. The number of carbonyl (C=O) groups excluding carboxylic acids is 1. The molecule has 2 atom stereocenters. The van der Waals surface area contributed by atoms with Gasteiger partial charge in [-0.2, -0.15) is 0 Å². The number of hydrogen-bond acceptors (Lipinski definition) is 9. The Balaban J connectivity index is 1.95. The fraction of sp³-hybridized carbons (Fsp3) is 0.350. The van der Waals surface area contributed by atoms with E-state index in [0.717, 1.165) is 0 Å². The van der Waals surface area contributed by atoms with Crippen LogP contribution >= 0.6 is 0 Å². The summed E-state index contributed by atoms with van der Waals surface area (Å²) in [6, 6.07) is 12.4. The van der Waals surface area contributed by atoms with Crippen molar-refractivity contribution in [1.29, 1.82) is 0 Å². The third-order valence-corrected chi connectivity index (χ3v) is 4.88. The minimum Gasteiger partial charge on any atom is -0.761 e. The molecule has 0 bridgehead atoms. The van der Waals surface area contributed by atoms with Gasteiger partial charge >= 0.3 is 5.97 Å². The van der Waals surface area contributed by atoms with Crippen LogP contribution in [-0.4, -0.2) is 28.4 Å². The van der Waals surface area contributed by atoms with Gasteiger partial charge in [0.05, 0.1) is 5.69 Å². The van der Waals surface area contributed by atoms with Gasteiger partial charge in [-0.05, 0) is 48.2 Å². The van der Waals surface area contributed by atoms with E-state index in [1.165, 1.54) is 26.0 Å². The van der Waals surface area contributed by atoms with E-state index in [1.807, 2.05) is 0 Å². The van der Waals surface area contributed by atoms with Gasteiger partial charge in [0, 0.05) is 19.5 Å². The first-order valence-corrected chi connectivity index (χ1v) is 8.97. The number of nitrogens with one attached hydrogen (secondary N) is 1. The van der Waals surface area contributed by atoms with Crippen LogP contribution in [0.5, 0.6) is 0 Å². The van der Waals surface area contributed by atoms with Gasteiger partial charge in [-0.3, -0.25) is 10.0 Å². The summed E-state index contributed by atoms with van der Waals surface area (Å²) in [5, 5.41) is 41.3. The van der Waals surface area contributed by atoms with Crippen molar-refractivity contribution in [1.82, 2.24) is 0 Å². The number of aliphatic hydroxyl groups excluding tert-OH is 1. The highest BCUT2D eigenvalue weighted by atomic mass is 16.8. The predicted octanol–water partition coefficient (Wildman–Crippen LogP) is 2.69. The Hall–Kier alpha value is -2.69. The molecule has 0 amide bonds. The Morgan fingerprint density at radius 3 is 2.03 bits per heavy atom. The van der Waals surface area contributed by atoms with Crippen molar-refractivity contribution in [2.45, 2.75) is 38.8 Å². The normalized spacial score (nSPS) is 23.4. The highest BCUT2D eigenvalue weighted by molar-refractivity contribution is 5.79. The molecule has 1 saturated heterocycles. The minimum atomic E-state index is -1.45. The van der Waals surface area contributed by atoms with Crippen LogP contribution in [0, 0.1) is 15.8 Å². The second-order valence-electron chi connectivity index (χ2n) is 7.51. The van der Waals surface area contributed by atoms with Gasteiger partial charge in [-0.15, -0.1) is 0 Å². The first-order chi connectivity index (χ1) is 13.6. The fourth-order valence-corrected chi connectivity index (χ4v) is 3.37. The van der Waals surface area contributed by atoms with E-state index < -0.39 is 23.5 Å². The Kier molecular flexibility index (Phi) is 5.78. The number of anilines is 2. The van der Waals surface area contributed by atoms with Gasteiger partial charge in [0.2, 0.25) is 5.79 Å². The number of nitrogens with zero attached hydrogens (tertiary/aromatic N) is 1. The molecule has 0 saturated carbocycles. The quantitative estimate of drug-likeness (QED) is 0.492. The molecule has 0 radical (unpaired) electrons. The average molecular weight is 402 g/mol. The second kappa shape index (κ2) is 7.97. The first-order valence-electron chi connectivity index (χ1n) is 8.97. The van der Waals surface area contributed by atoms with Crippen molar-refractivity contribution in [3.05, 3.63) is 70.1 Å². The van der Waals surface area contributed by atoms with Crippen LogP contribution < -0.4 is 10.7 Å². The molecule has 2 unspecified atom stereocenters. The lowest BCUT2D eigenvalue weighted by molar-refractivity contribution is -0.336.